The van der Waals surface area contributed by atoms with Crippen molar-refractivity contribution in [2.24, 2.45) is 0 Å². The van der Waals surface area contributed by atoms with Crippen LogP contribution in [0.4, 0.5) is 0 Å². The Morgan fingerprint density at radius 3 is 2.88 bits per heavy atom. The molecule has 1 heterocycles. The fraction of sp³-hybridized carbons (Fsp3) is 0.182. The van der Waals surface area contributed by atoms with Crippen molar-refractivity contribution in [2.75, 3.05) is 12.3 Å². The van der Waals surface area contributed by atoms with Crippen LogP contribution in [-0.4, -0.2) is 33.6 Å². The SMILES string of the molecule is O=C(NCCSc1ccccc1)c1cn[nH]n1. The van der Waals surface area contributed by atoms with Gasteiger partial charge in [0, 0.05) is 17.2 Å². The number of H-pyrrole nitrogens is 1. The van der Waals surface area contributed by atoms with Crippen molar-refractivity contribution in [1.29, 1.82) is 0 Å². The number of aromatic amines is 1. The minimum absolute atomic E-state index is 0.201. The predicted octanol–water partition coefficient (Wildman–Crippen LogP) is 1.33. The van der Waals surface area contributed by atoms with Gasteiger partial charge >= 0.3 is 0 Å². The van der Waals surface area contributed by atoms with Crippen LogP contribution in [0.5, 0.6) is 0 Å². The molecule has 2 aromatic rings. The standard InChI is InChI=1S/C11H12N4OS/c16-11(10-8-13-15-14-10)12-6-7-17-9-4-2-1-3-5-9/h1-5,8H,6-7H2,(H,12,16)(H,13,14,15). The molecular formula is C11H12N4OS. The molecule has 5 nitrogen and oxygen atoms in total. The molecule has 0 unspecified atom stereocenters. The second-order valence-corrected chi connectivity index (χ2v) is 4.44. The number of aromatic nitrogens is 3. The van der Waals surface area contributed by atoms with E-state index in [-0.39, 0.29) is 5.91 Å². The number of nitrogens with zero attached hydrogens (tertiary/aromatic N) is 2. The second-order valence-electron chi connectivity index (χ2n) is 3.27. The first-order valence-electron chi connectivity index (χ1n) is 5.18. The maximum atomic E-state index is 11.5. The first kappa shape index (κ1) is 11.7. The molecule has 1 amide bonds. The van der Waals surface area contributed by atoms with E-state index in [1.165, 1.54) is 11.1 Å². The van der Waals surface area contributed by atoms with Crippen molar-refractivity contribution in [3.63, 3.8) is 0 Å². The average molecular weight is 248 g/mol. The van der Waals surface area contributed by atoms with Crippen LogP contribution in [0, 0.1) is 0 Å². The molecule has 0 aliphatic carbocycles. The van der Waals surface area contributed by atoms with Gasteiger partial charge in [-0.3, -0.25) is 4.79 Å². The normalized spacial score (nSPS) is 10.1. The zero-order valence-corrected chi connectivity index (χ0v) is 9.91. The molecule has 2 rings (SSSR count). The molecule has 6 heteroatoms. The molecule has 0 fully saturated rings. The number of carbonyl (C=O) groups excluding carboxylic acids is 1. The third kappa shape index (κ3) is 3.60. The Balaban J connectivity index is 1.69. The minimum Gasteiger partial charge on any atom is -0.350 e. The lowest BCUT2D eigenvalue weighted by atomic mass is 10.4. The third-order valence-corrected chi connectivity index (χ3v) is 3.06. The quantitative estimate of drug-likeness (QED) is 0.618. The molecule has 2 N–H and O–H groups in total. The third-order valence-electron chi connectivity index (χ3n) is 2.05. The van der Waals surface area contributed by atoms with Gasteiger partial charge in [0.2, 0.25) is 0 Å². The maximum Gasteiger partial charge on any atom is 0.273 e. The number of hydrogen-bond acceptors (Lipinski definition) is 4. The van der Waals surface area contributed by atoms with E-state index in [0.717, 1.165) is 5.75 Å². The summed E-state index contributed by atoms with van der Waals surface area (Å²) in [5.74, 6) is 0.626. The van der Waals surface area contributed by atoms with Crippen molar-refractivity contribution in [3.05, 3.63) is 42.2 Å². The number of thioether (sulfide) groups is 1. The van der Waals surface area contributed by atoms with Gasteiger partial charge < -0.3 is 5.32 Å². The Morgan fingerprint density at radius 1 is 1.35 bits per heavy atom. The Morgan fingerprint density at radius 2 is 2.18 bits per heavy atom. The van der Waals surface area contributed by atoms with Crippen LogP contribution in [0.3, 0.4) is 0 Å². The van der Waals surface area contributed by atoms with Crippen molar-refractivity contribution >= 4 is 17.7 Å². The van der Waals surface area contributed by atoms with Crippen LogP contribution in [-0.2, 0) is 0 Å². The summed E-state index contributed by atoms with van der Waals surface area (Å²) in [4.78, 5) is 12.7. The van der Waals surface area contributed by atoms with Crippen LogP contribution in [0.15, 0.2) is 41.4 Å². The second kappa shape index (κ2) is 6.05. The topological polar surface area (TPSA) is 70.7 Å². The summed E-state index contributed by atoms with van der Waals surface area (Å²) in [6.45, 7) is 0.602. The number of amides is 1. The van der Waals surface area contributed by atoms with Crippen molar-refractivity contribution < 1.29 is 4.79 Å². The number of carbonyl (C=O) groups is 1. The fourth-order valence-corrected chi connectivity index (χ4v) is 2.04. The number of rotatable bonds is 5. The highest BCUT2D eigenvalue weighted by molar-refractivity contribution is 7.99. The largest absolute Gasteiger partial charge is 0.350 e. The molecule has 1 aromatic carbocycles. The molecule has 0 saturated carbocycles. The summed E-state index contributed by atoms with van der Waals surface area (Å²) in [5.41, 5.74) is 0.315. The van der Waals surface area contributed by atoms with Crippen LogP contribution >= 0.6 is 11.8 Å². The molecule has 0 spiro atoms. The van der Waals surface area contributed by atoms with Crippen LogP contribution in [0.2, 0.25) is 0 Å². The first-order chi connectivity index (χ1) is 8.36. The lowest BCUT2D eigenvalue weighted by Crippen LogP contribution is -2.26. The van der Waals surface area contributed by atoms with E-state index in [1.54, 1.807) is 11.8 Å². The van der Waals surface area contributed by atoms with E-state index in [9.17, 15) is 4.79 Å². The molecule has 0 atom stereocenters. The maximum absolute atomic E-state index is 11.5. The molecule has 17 heavy (non-hydrogen) atoms. The van der Waals surface area contributed by atoms with Gasteiger partial charge in [0.05, 0.1) is 6.20 Å². The number of nitrogens with one attached hydrogen (secondary N) is 2. The summed E-state index contributed by atoms with van der Waals surface area (Å²) in [6, 6.07) is 10.1. The van der Waals surface area contributed by atoms with Gasteiger partial charge in [0.15, 0.2) is 5.69 Å². The van der Waals surface area contributed by atoms with Gasteiger partial charge in [-0.15, -0.1) is 11.8 Å². The highest BCUT2D eigenvalue weighted by Gasteiger charge is 2.06. The average Bonchev–Trinajstić information content (AvgIpc) is 2.89. The Hall–Kier alpha value is -1.82. The highest BCUT2D eigenvalue weighted by Crippen LogP contribution is 2.15. The van der Waals surface area contributed by atoms with Crippen LogP contribution in [0.1, 0.15) is 10.5 Å². The molecule has 0 bridgehead atoms. The summed E-state index contributed by atoms with van der Waals surface area (Å²) in [7, 11) is 0. The lowest BCUT2D eigenvalue weighted by Gasteiger charge is -2.02. The molecular weight excluding hydrogens is 236 g/mol. The van der Waals surface area contributed by atoms with E-state index in [4.69, 9.17) is 0 Å². The molecule has 88 valence electrons. The van der Waals surface area contributed by atoms with E-state index < -0.39 is 0 Å². The molecule has 0 aliphatic heterocycles. The smallest absolute Gasteiger partial charge is 0.273 e. The summed E-state index contributed by atoms with van der Waals surface area (Å²) >= 11 is 1.70. The lowest BCUT2D eigenvalue weighted by molar-refractivity contribution is 0.0951. The molecule has 0 radical (unpaired) electrons. The van der Waals surface area contributed by atoms with Gasteiger partial charge in [-0.1, -0.05) is 18.2 Å². The van der Waals surface area contributed by atoms with Crippen LogP contribution in [0.25, 0.3) is 0 Å². The van der Waals surface area contributed by atoms with E-state index in [1.807, 2.05) is 30.3 Å². The predicted molar refractivity (Wildman–Crippen MR) is 65.9 cm³/mol. The van der Waals surface area contributed by atoms with Crippen molar-refractivity contribution in [1.82, 2.24) is 20.7 Å². The first-order valence-corrected chi connectivity index (χ1v) is 6.16. The molecule has 0 aliphatic rings. The minimum atomic E-state index is -0.201. The van der Waals surface area contributed by atoms with Gasteiger partial charge in [0.1, 0.15) is 0 Å². The molecule has 0 saturated heterocycles. The number of hydrogen-bond donors (Lipinski definition) is 2. The summed E-state index contributed by atoms with van der Waals surface area (Å²) in [5, 5.41) is 12.4. The highest BCUT2D eigenvalue weighted by atomic mass is 32.2. The van der Waals surface area contributed by atoms with E-state index in [2.05, 4.69) is 20.7 Å². The van der Waals surface area contributed by atoms with Crippen LogP contribution < -0.4 is 5.32 Å². The van der Waals surface area contributed by atoms with Crippen molar-refractivity contribution in [3.8, 4) is 0 Å². The van der Waals surface area contributed by atoms with E-state index >= 15 is 0 Å². The fourth-order valence-electron chi connectivity index (χ4n) is 1.25. The van der Waals surface area contributed by atoms with Gasteiger partial charge in [0.25, 0.3) is 5.91 Å². The van der Waals surface area contributed by atoms with Crippen molar-refractivity contribution in [2.45, 2.75) is 4.90 Å². The monoisotopic (exact) mass is 248 g/mol. The zero-order valence-electron chi connectivity index (χ0n) is 9.09. The Labute approximate surface area is 103 Å². The van der Waals surface area contributed by atoms with E-state index in [0.29, 0.717) is 12.2 Å². The Bertz CT molecular complexity index is 458. The summed E-state index contributed by atoms with van der Waals surface area (Å²) in [6.07, 6.45) is 1.40. The number of benzene rings is 1. The Kier molecular flexibility index (Phi) is 4.15. The molecule has 1 aromatic heterocycles. The van der Waals surface area contributed by atoms with Gasteiger partial charge in [-0.25, -0.2) is 0 Å². The zero-order chi connectivity index (χ0) is 11.9. The van der Waals surface area contributed by atoms with Gasteiger partial charge in [-0.2, -0.15) is 15.4 Å². The summed E-state index contributed by atoms with van der Waals surface area (Å²) < 4.78 is 0. The van der Waals surface area contributed by atoms with Gasteiger partial charge in [-0.05, 0) is 12.1 Å².